The van der Waals surface area contributed by atoms with Gasteiger partial charge in [0, 0.05) is 18.4 Å². The van der Waals surface area contributed by atoms with Gasteiger partial charge in [-0.3, -0.25) is 9.98 Å². The largest absolute Gasteiger partial charge is 3.00 e. The average Bonchev–Trinajstić information content (AvgIpc) is 2.53. The predicted molar refractivity (Wildman–Crippen MR) is 87.4 cm³/mol. The van der Waals surface area contributed by atoms with Crippen molar-refractivity contribution in [3.05, 3.63) is 59.7 Å². The molecular weight excluding hydrogens is 367 g/mol. The fourth-order valence-corrected chi connectivity index (χ4v) is 1.62. The second-order valence-corrected chi connectivity index (χ2v) is 4.64. The zero-order valence-corrected chi connectivity index (χ0v) is 14.6. The van der Waals surface area contributed by atoms with Gasteiger partial charge in [0.15, 0.2) is 0 Å². The summed E-state index contributed by atoms with van der Waals surface area (Å²) in [4.78, 5) is 17.2. The Bertz CT molecular complexity index is 658. The molecule has 0 radical (unpaired) electrons. The maximum Gasteiger partial charge on any atom is 3.00 e. The Labute approximate surface area is 156 Å². The number of carboxylic acids is 1. The SMILES string of the molecule is CC(=O)[O-].[Co+3].[O-]c1ccccc1C=NCCN=Cc1ccccc1[O-]. The summed E-state index contributed by atoms with van der Waals surface area (Å²) in [6, 6.07) is 13.5. The van der Waals surface area contributed by atoms with Crippen LogP contribution < -0.4 is 15.3 Å². The minimum absolute atomic E-state index is 0. The van der Waals surface area contributed by atoms with Crippen LogP contribution in [0.4, 0.5) is 0 Å². The van der Waals surface area contributed by atoms with Gasteiger partial charge in [0.25, 0.3) is 0 Å². The van der Waals surface area contributed by atoms with Crippen LogP contribution in [0.5, 0.6) is 11.5 Å². The van der Waals surface area contributed by atoms with E-state index in [1.54, 1.807) is 48.8 Å². The van der Waals surface area contributed by atoms with E-state index >= 15 is 0 Å². The molecule has 2 rings (SSSR count). The van der Waals surface area contributed by atoms with Crippen LogP contribution in [0.25, 0.3) is 0 Å². The van der Waals surface area contributed by atoms with Crippen molar-refractivity contribution in [1.29, 1.82) is 0 Å². The third-order valence-electron chi connectivity index (χ3n) is 2.66. The van der Waals surface area contributed by atoms with Crippen LogP contribution in [0, 0.1) is 0 Å². The summed E-state index contributed by atoms with van der Waals surface area (Å²) >= 11 is 0. The van der Waals surface area contributed by atoms with E-state index in [4.69, 9.17) is 9.90 Å². The molecule has 0 unspecified atom stereocenters. The number of rotatable bonds is 5. The molecule has 0 spiro atoms. The Morgan fingerprint density at radius 3 is 1.52 bits per heavy atom. The molecule has 0 aliphatic carbocycles. The Hall–Kier alpha value is -2.64. The van der Waals surface area contributed by atoms with Crippen molar-refractivity contribution in [1.82, 2.24) is 0 Å². The summed E-state index contributed by atoms with van der Waals surface area (Å²) < 4.78 is 0. The Balaban J connectivity index is 0.00000104. The molecule has 0 saturated carbocycles. The molecule has 0 bridgehead atoms. The van der Waals surface area contributed by atoms with Gasteiger partial charge in [0.05, 0.1) is 13.1 Å². The molecule has 0 atom stereocenters. The van der Waals surface area contributed by atoms with Gasteiger partial charge in [-0.1, -0.05) is 48.5 Å². The minimum Gasteiger partial charge on any atom is -0.872 e. The molecule has 132 valence electrons. The molecule has 25 heavy (non-hydrogen) atoms. The second kappa shape index (κ2) is 12.7. The van der Waals surface area contributed by atoms with E-state index in [1.807, 2.05) is 0 Å². The van der Waals surface area contributed by atoms with E-state index in [0.29, 0.717) is 24.2 Å². The van der Waals surface area contributed by atoms with Crippen molar-refractivity contribution >= 4 is 18.4 Å². The number of para-hydroxylation sites is 2. The first-order valence-corrected chi connectivity index (χ1v) is 7.20. The Morgan fingerprint density at radius 1 is 0.880 bits per heavy atom. The summed E-state index contributed by atoms with van der Waals surface area (Å²) in [7, 11) is 0. The van der Waals surface area contributed by atoms with Crippen LogP contribution in [-0.2, 0) is 21.6 Å². The van der Waals surface area contributed by atoms with Crippen LogP contribution in [0.2, 0.25) is 0 Å². The molecule has 0 aliphatic rings. The minimum atomic E-state index is -1.08. The predicted octanol–water partition coefficient (Wildman–Crippen LogP) is 0.125. The molecule has 0 aliphatic heterocycles. The van der Waals surface area contributed by atoms with Gasteiger partial charge >= 0.3 is 16.8 Å². The van der Waals surface area contributed by atoms with Crippen LogP contribution >= 0.6 is 0 Å². The molecule has 7 heteroatoms. The van der Waals surface area contributed by atoms with Gasteiger partial charge in [-0.05, 0) is 18.1 Å². The smallest absolute Gasteiger partial charge is 0.872 e. The van der Waals surface area contributed by atoms with E-state index in [1.165, 1.54) is 12.1 Å². The maximum atomic E-state index is 11.4. The summed E-state index contributed by atoms with van der Waals surface area (Å²) in [6.45, 7) is 1.93. The zero-order chi connectivity index (χ0) is 17.8. The van der Waals surface area contributed by atoms with Crippen molar-refractivity contribution in [3.63, 3.8) is 0 Å². The number of aliphatic carboxylic acids is 1. The summed E-state index contributed by atoms with van der Waals surface area (Å²) in [5.74, 6) is -1.17. The monoisotopic (exact) mass is 384 g/mol. The van der Waals surface area contributed by atoms with Crippen LogP contribution in [-0.4, -0.2) is 31.5 Å². The van der Waals surface area contributed by atoms with Crippen LogP contribution in [0.3, 0.4) is 0 Å². The third kappa shape index (κ3) is 9.95. The first-order chi connectivity index (χ1) is 11.5. The van der Waals surface area contributed by atoms with E-state index in [9.17, 15) is 10.2 Å². The first-order valence-electron chi connectivity index (χ1n) is 7.20. The molecular formula is C18H17CoN2O4. The quantitative estimate of drug-likeness (QED) is 0.539. The summed E-state index contributed by atoms with van der Waals surface area (Å²) in [6.07, 6.45) is 3.11. The number of aliphatic imine (C=N–C) groups is 2. The van der Waals surface area contributed by atoms with Crippen molar-refractivity contribution in [2.75, 3.05) is 13.1 Å². The van der Waals surface area contributed by atoms with E-state index in [0.717, 1.165) is 6.92 Å². The number of carbonyl (C=O) groups excluding carboxylic acids is 1. The normalized spacial score (nSPS) is 10.1. The maximum absolute atomic E-state index is 11.4. The molecule has 0 fully saturated rings. The number of hydrogen-bond donors (Lipinski definition) is 0. The molecule has 2 aromatic carbocycles. The second-order valence-electron chi connectivity index (χ2n) is 4.64. The van der Waals surface area contributed by atoms with Gasteiger partial charge in [0.1, 0.15) is 0 Å². The topological polar surface area (TPSA) is 111 Å². The number of carbonyl (C=O) groups is 1. The van der Waals surface area contributed by atoms with Crippen molar-refractivity contribution < 1.29 is 36.9 Å². The summed E-state index contributed by atoms with van der Waals surface area (Å²) in [5, 5.41) is 31.7. The van der Waals surface area contributed by atoms with Gasteiger partial charge in [-0.2, -0.15) is 0 Å². The number of hydrogen-bond acceptors (Lipinski definition) is 6. The first kappa shape index (κ1) is 22.4. The molecule has 6 nitrogen and oxygen atoms in total. The molecule has 0 heterocycles. The number of nitrogens with zero attached hydrogens (tertiary/aromatic N) is 2. The third-order valence-corrected chi connectivity index (χ3v) is 2.66. The van der Waals surface area contributed by atoms with Crippen molar-refractivity contribution in [2.45, 2.75) is 6.92 Å². The number of benzene rings is 2. The Kier molecular flexibility index (Phi) is 11.4. The van der Waals surface area contributed by atoms with Crippen LogP contribution in [0.15, 0.2) is 58.5 Å². The van der Waals surface area contributed by atoms with Gasteiger partial charge in [0.2, 0.25) is 0 Å². The van der Waals surface area contributed by atoms with E-state index in [-0.39, 0.29) is 28.3 Å². The Morgan fingerprint density at radius 2 is 1.20 bits per heavy atom. The van der Waals surface area contributed by atoms with E-state index in [2.05, 4.69) is 9.98 Å². The molecule has 0 saturated heterocycles. The standard InChI is InChI=1S/C16H16N2O2.C2H4O2.Co/c19-15-7-3-1-5-13(15)11-17-9-10-18-12-14-6-2-4-8-16(14)20;1-2(3)4;/h1-8,11-12,19-20H,9-10H2;1H3,(H,3,4);/q;;+3/p-3. The van der Waals surface area contributed by atoms with Gasteiger partial charge in [-0.25, -0.2) is 0 Å². The van der Waals surface area contributed by atoms with Gasteiger partial charge < -0.3 is 20.1 Å². The fraction of sp³-hybridized carbons (Fsp3) is 0.167. The average molecular weight is 384 g/mol. The number of carboxylic acid groups (broad SMARTS) is 1. The van der Waals surface area contributed by atoms with Crippen molar-refractivity contribution in [2.24, 2.45) is 9.98 Å². The molecule has 0 N–H and O–H groups in total. The van der Waals surface area contributed by atoms with Gasteiger partial charge in [-0.15, -0.1) is 11.5 Å². The zero-order valence-electron chi connectivity index (χ0n) is 13.5. The summed E-state index contributed by atoms with van der Waals surface area (Å²) in [5.41, 5.74) is 1.14. The fourth-order valence-electron chi connectivity index (χ4n) is 1.62. The molecule has 0 amide bonds. The van der Waals surface area contributed by atoms with Crippen molar-refractivity contribution in [3.8, 4) is 11.5 Å². The molecule has 2 aromatic rings. The van der Waals surface area contributed by atoms with E-state index < -0.39 is 5.97 Å². The van der Waals surface area contributed by atoms with Crippen LogP contribution in [0.1, 0.15) is 18.1 Å². The molecule has 0 aromatic heterocycles.